The first-order valence-corrected chi connectivity index (χ1v) is 13.6. The predicted octanol–water partition coefficient (Wildman–Crippen LogP) is 4.43. The summed E-state index contributed by atoms with van der Waals surface area (Å²) < 4.78 is 31.8. The summed E-state index contributed by atoms with van der Waals surface area (Å²) >= 11 is 0. The molecule has 1 saturated heterocycles. The normalized spacial score (nSPS) is 16.2. The molecule has 3 rings (SSSR count). The number of rotatable bonds is 10. The summed E-state index contributed by atoms with van der Waals surface area (Å²) in [4.78, 5) is 28.8. The maximum absolute atomic E-state index is 14.5. The molecule has 0 saturated carbocycles. The first kappa shape index (κ1) is 27.1. The molecule has 8 nitrogen and oxygen atoms in total. The fourth-order valence-electron chi connectivity index (χ4n) is 4.02. The minimum atomic E-state index is -3.97. The molecule has 1 aliphatic heterocycles. The zero-order chi connectivity index (χ0) is 25.4. The van der Waals surface area contributed by atoms with E-state index in [2.05, 4.69) is 5.32 Å². The molecule has 0 aliphatic carbocycles. The average Bonchev–Trinajstić information content (AvgIpc) is 2.83. The summed E-state index contributed by atoms with van der Waals surface area (Å²) in [7, 11) is -3.97. The Labute approximate surface area is 207 Å². The van der Waals surface area contributed by atoms with Crippen molar-refractivity contribution in [2.24, 2.45) is 0 Å². The fourth-order valence-corrected chi connectivity index (χ4v) is 6.61. The Hall–Kier alpha value is -2.51. The van der Waals surface area contributed by atoms with Crippen molar-refractivity contribution in [3.05, 3.63) is 71.8 Å². The predicted molar refractivity (Wildman–Crippen MR) is 134 cm³/mol. The van der Waals surface area contributed by atoms with Gasteiger partial charge in [-0.3, -0.25) is 14.2 Å². The molecule has 0 aromatic heterocycles. The zero-order valence-corrected chi connectivity index (χ0v) is 21.6. The monoisotopic (exact) mass is 502 g/mol. The molecule has 9 heteroatoms. The van der Waals surface area contributed by atoms with Crippen LogP contribution in [-0.2, 0) is 23.1 Å². The Kier molecular flexibility index (Phi) is 9.63. The van der Waals surface area contributed by atoms with Crippen molar-refractivity contribution in [3.63, 3.8) is 0 Å². The van der Waals surface area contributed by atoms with Crippen LogP contribution < -0.4 is 5.32 Å². The molecular formula is C26H35N2O6P. The lowest BCUT2D eigenvalue weighted by Crippen LogP contribution is -2.54. The van der Waals surface area contributed by atoms with Gasteiger partial charge in [0.25, 0.3) is 5.91 Å². The van der Waals surface area contributed by atoms with Gasteiger partial charge in [-0.15, -0.1) is 0 Å². The van der Waals surface area contributed by atoms with Crippen molar-refractivity contribution >= 4 is 19.4 Å². The molecule has 190 valence electrons. The molecule has 2 aromatic carbocycles. The van der Waals surface area contributed by atoms with E-state index in [1.807, 2.05) is 6.07 Å². The standard InChI is InChI=1S/C26H35N2O6P/c1-19(2)33-35(31,34-20(3)4)24(21-11-7-5-8-12-21)23(26(30)28-15-17-32-18-16-28)27-25(29)22-13-9-6-10-14-22/h5-14,19-20,23-24H,15-18H2,1-4H3,(H,27,29)/t23-,24+/m1/s1. The summed E-state index contributed by atoms with van der Waals surface area (Å²) in [5, 5.41) is 2.88. The second-order valence-corrected chi connectivity index (χ2v) is 11.0. The van der Waals surface area contributed by atoms with Gasteiger partial charge in [0.1, 0.15) is 11.7 Å². The lowest BCUT2D eigenvalue weighted by atomic mass is 10.0. The van der Waals surface area contributed by atoms with Crippen molar-refractivity contribution in [2.75, 3.05) is 26.3 Å². The number of amides is 2. The molecule has 1 heterocycles. The lowest BCUT2D eigenvalue weighted by Gasteiger charge is -2.37. The van der Waals surface area contributed by atoms with E-state index in [1.54, 1.807) is 87.2 Å². The van der Waals surface area contributed by atoms with Gasteiger partial charge in [0.15, 0.2) is 0 Å². The van der Waals surface area contributed by atoms with Gasteiger partial charge in [-0.2, -0.15) is 0 Å². The Balaban J connectivity index is 2.12. The molecule has 2 aromatic rings. The van der Waals surface area contributed by atoms with E-state index in [0.717, 1.165) is 0 Å². The number of nitrogens with one attached hydrogen (secondary N) is 1. The van der Waals surface area contributed by atoms with Gasteiger partial charge in [-0.25, -0.2) is 0 Å². The Bertz CT molecular complexity index is 995. The number of carbonyl (C=O) groups excluding carboxylic acids is 2. The largest absolute Gasteiger partial charge is 0.378 e. The maximum Gasteiger partial charge on any atom is 0.341 e. The summed E-state index contributed by atoms with van der Waals surface area (Å²) in [6.45, 7) is 8.59. The van der Waals surface area contributed by atoms with Gasteiger partial charge in [-0.1, -0.05) is 48.5 Å². The van der Waals surface area contributed by atoms with Crippen molar-refractivity contribution in [3.8, 4) is 0 Å². The summed E-state index contributed by atoms with van der Waals surface area (Å²) in [6.07, 6.45) is -0.871. The third-order valence-corrected chi connectivity index (χ3v) is 8.13. The molecule has 1 N–H and O–H groups in total. The van der Waals surface area contributed by atoms with Gasteiger partial charge >= 0.3 is 7.60 Å². The Morgan fingerprint density at radius 2 is 1.40 bits per heavy atom. The molecule has 35 heavy (non-hydrogen) atoms. The number of hydrogen-bond acceptors (Lipinski definition) is 6. The summed E-state index contributed by atoms with van der Waals surface area (Å²) in [5.74, 6) is -0.801. The van der Waals surface area contributed by atoms with Crippen molar-refractivity contribution in [2.45, 2.75) is 51.6 Å². The highest BCUT2D eigenvalue weighted by molar-refractivity contribution is 7.54. The molecule has 2 amide bonds. The number of morpholine rings is 1. The van der Waals surface area contributed by atoms with Crippen LogP contribution in [0.2, 0.25) is 0 Å². The van der Waals surface area contributed by atoms with Crippen LogP contribution in [0.25, 0.3) is 0 Å². The SMILES string of the molecule is CC(C)OP(=O)(OC(C)C)[C@@H](c1ccccc1)[C@@H](NC(=O)c1ccccc1)C(=O)N1CCOCC1. The summed E-state index contributed by atoms with van der Waals surface area (Å²) in [5.41, 5.74) is -0.0860. The second kappa shape index (κ2) is 12.5. The smallest absolute Gasteiger partial charge is 0.341 e. The van der Waals surface area contributed by atoms with E-state index in [0.29, 0.717) is 37.4 Å². The molecule has 2 atom stereocenters. The molecule has 0 unspecified atom stereocenters. The van der Waals surface area contributed by atoms with E-state index in [9.17, 15) is 14.2 Å². The molecular weight excluding hydrogens is 467 g/mol. The van der Waals surface area contributed by atoms with Crippen LogP contribution in [0.4, 0.5) is 0 Å². The maximum atomic E-state index is 14.5. The zero-order valence-electron chi connectivity index (χ0n) is 20.8. The van der Waals surface area contributed by atoms with Gasteiger partial charge in [0, 0.05) is 18.7 Å². The molecule has 0 radical (unpaired) electrons. The molecule has 0 bridgehead atoms. The van der Waals surface area contributed by atoms with Crippen molar-refractivity contribution in [1.29, 1.82) is 0 Å². The van der Waals surface area contributed by atoms with Crippen LogP contribution in [0.5, 0.6) is 0 Å². The highest BCUT2D eigenvalue weighted by Crippen LogP contribution is 2.64. The average molecular weight is 503 g/mol. The first-order valence-electron chi connectivity index (χ1n) is 11.9. The Morgan fingerprint density at radius 3 is 1.91 bits per heavy atom. The van der Waals surface area contributed by atoms with Crippen LogP contribution in [0.3, 0.4) is 0 Å². The topological polar surface area (TPSA) is 94.2 Å². The quantitative estimate of drug-likeness (QED) is 0.483. The van der Waals surface area contributed by atoms with E-state index in [1.165, 1.54) is 0 Å². The second-order valence-electron chi connectivity index (χ2n) is 8.96. The summed E-state index contributed by atoms with van der Waals surface area (Å²) in [6, 6.07) is 16.4. The third-order valence-electron chi connectivity index (χ3n) is 5.42. The van der Waals surface area contributed by atoms with Crippen LogP contribution in [0.15, 0.2) is 60.7 Å². The number of ether oxygens (including phenoxy) is 1. The van der Waals surface area contributed by atoms with Crippen LogP contribution in [0, 0.1) is 0 Å². The first-order chi connectivity index (χ1) is 16.7. The highest BCUT2D eigenvalue weighted by atomic mass is 31.2. The number of benzene rings is 2. The van der Waals surface area contributed by atoms with Crippen molar-refractivity contribution in [1.82, 2.24) is 10.2 Å². The van der Waals surface area contributed by atoms with Crippen LogP contribution in [-0.4, -0.2) is 61.3 Å². The van der Waals surface area contributed by atoms with Gasteiger partial charge in [0.05, 0.1) is 25.4 Å². The minimum absolute atomic E-state index is 0.355. The lowest BCUT2D eigenvalue weighted by molar-refractivity contribution is -0.137. The van der Waals surface area contributed by atoms with Crippen LogP contribution in [0.1, 0.15) is 49.3 Å². The Morgan fingerprint density at radius 1 is 0.886 bits per heavy atom. The van der Waals surface area contributed by atoms with E-state index in [4.69, 9.17) is 13.8 Å². The molecule has 0 spiro atoms. The molecule has 1 fully saturated rings. The number of nitrogens with zero attached hydrogens (tertiary/aromatic N) is 1. The van der Waals surface area contributed by atoms with Gasteiger partial charge in [-0.05, 0) is 45.4 Å². The van der Waals surface area contributed by atoms with Gasteiger partial charge < -0.3 is 24.0 Å². The van der Waals surface area contributed by atoms with Crippen molar-refractivity contribution < 1.29 is 27.9 Å². The van der Waals surface area contributed by atoms with E-state index in [-0.39, 0.29) is 5.91 Å². The number of hydrogen-bond donors (Lipinski definition) is 1. The van der Waals surface area contributed by atoms with Gasteiger partial charge in [0.2, 0.25) is 5.91 Å². The van der Waals surface area contributed by atoms with Crippen LogP contribution >= 0.6 is 7.60 Å². The minimum Gasteiger partial charge on any atom is -0.378 e. The highest BCUT2D eigenvalue weighted by Gasteiger charge is 2.48. The molecule has 1 aliphatic rings. The third kappa shape index (κ3) is 7.24. The fraction of sp³-hybridized carbons (Fsp3) is 0.462. The van der Waals surface area contributed by atoms with E-state index < -0.39 is 37.4 Å². The number of carbonyl (C=O) groups is 2. The van der Waals surface area contributed by atoms with E-state index >= 15 is 0 Å².